The number of nitrogens with zero attached hydrogens (tertiary/aromatic N) is 7. The van der Waals surface area contributed by atoms with Crippen LogP contribution in [0.4, 0.5) is 30.9 Å². The van der Waals surface area contributed by atoms with Gasteiger partial charge < -0.3 is 34.2 Å². The summed E-state index contributed by atoms with van der Waals surface area (Å²) < 4.78 is 46.7. The Morgan fingerprint density at radius 2 is 1.89 bits per heavy atom. The molecule has 47 heavy (non-hydrogen) atoms. The van der Waals surface area contributed by atoms with Gasteiger partial charge in [-0.15, -0.1) is 0 Å². The minimum atomic E-state index is -3.36. The van der Waals surface area contributed by atoms with E-state index in [4.69, 9.17) is 14.2 Å². The van der Waals surface area contributed by atoms with Crippen LogP contribution in [0.1, 0.15) is 39.7 Å². The van der Waals surface area contributed by atoms with Crippen molar-refractivity contribution in [3.8, 4) is 29.0 Å². The van der Waals surface area contributed by atoms with E-state index in [9.17, 15) is 10.1 Å². The van der Waals surface area contributed by atoms with Crippen LogP contribution in [0.3, 0.4) is 0 Å². The van der Waals surface area contributed by atoms with E-state index in [0.29, 0.717) is 34.8 Å². The zero-order chi connectivity index (χ0) is 33.9. The lowest BCUT2D eigenvalue weighted by molar-refractivity contribution is -0.137. The average molecular weight is 651 g/mol. The first-order chi connectivity index (χ1) is 22.3. The van der Waals surface area contributed by atoms with Gasteiger partial charge in [0.25, 0.3) is 0 Å². The third kappa shape index (κ3) is 7.97. The topological polar surface area (TPSA) is 129 Å². The van der Waals surface area contributed by atoms with Crippen molar-refractivity contribution in [2.24, 2.45) is 0 Å². The molecule has 3 aromatic rings. The number of methoxy groups -OCH3 is 1. The van der Waals surface area contributed by atoms with Crippen LogP contribution >= 0.6 is 0 Å². The molecule has 0 saturated carbocycles. The molecular formula is C33H40F2N8O4. The number of piperazine rings is 1. The number of nitrogens with one attached hydrogen (secondary N) is 1. The summed E-state index contributed by atoms with van der Waals surface area (Å²) in [6.07, 6.45) is -1.08. The molecule has 2 aliphatic heterocycles. The van der Waals surface area contributed by atoms with E-state index in [2.05, 4.69) is 44.0 Å². The van der Waals surface area contributed by atoms with Crippen LogP contribution in [-0.4, -0.2) is 101 Å². The molecule has 0 bridgehead atoms. The molecule has 0 spiro atoms. The molecule has 2 aliphatic rings. The number of nitriles is 1. The van der Waals surface area contributed by atoms with Gasteiger partial charge in [0.15, 0.2) is 6.10 Å². The van der Waals surface area contributed by atoms with E-state index in [1.807, 2.05) is 18.2 Å². The van der Waals surface area contributed by atoms with E-state index in [0.717, 1.165) is 30.2 Å². The minimum absolute atomic E-state index is 0.0187. The summed E-state index contributed by atoms with van der Waals surface area (Å²) in [5.74, 6) is -1.86. The van der Waals surface area contributed by atoms with Crippen LogP contribution in [0.2, 0.25) is 0 Å². The van der Waals surface area contributed by atoms with Crippen LogP contribution < -0.4 is 19.7 Å². The van der Waals surface area contributed by atoms with Gasteiger partial charge in [-0.05, 0) is 65.1 Å². The van der Waals surface area contributed by atoms with E-state index < -0.39 is 30.3 Å². The molecule has 1 unspecified atom stereocenters. The maximum atomic E-state index is 15.1. The van der Waals surface area contributed by atoms with E-state index in [1.54, 1.807) is 40.0 Å². The number of benzene rings is 1. The smallest absolute Gasteiger partial charge is 0.410 e. The Bertz CT molecular complexity index is 1640. The highest BCUT2D eigenvalue weighted by molar-refractivity contribution is 5.69. The zero-order valence-corrected chi connectivity index (χ0v) is 27.5. The number of anilines is 3. The monoisotopic (exact) mass is 650 g/mol. The number of amides is 1. The fourth-order valence-corrected chi connectivity index (χ4v) is 5.46. The highest BCUT2D eigenvalue weighted by Crippen LogP contribution is 2.35. The van der Waals surface area contributed by atoms with Gasteiger partial charge in [-0.1, -0.05) is 0 Å². The largest absolute Gasteiger partial charge is 0.483 e. The van der Waals surface area contributed by atoms with Crippen molar-refractivity contribution in [3.63, 3.8) is 0 Å². The fraction of sp³-hybridized carbons (Fsp3) is 0.485. The fourth-order valence-electron chi connectivity index (χ4n) is 5.46. The molecule has 1 amide bonds. The maximum Gasteiger partial charge on any atom is 0.410 e. The highest BCUT2D eigenvalue weighted by atomic mass is 19.3. The number of likely N-dealkylation sites (N-methyl/N-ethyl adjacent to an activating group) is 1. The molecule has 4 heterocycles. The lowest BCUT2D eigenvalue weighted by Crippen LogP contribution is -2.56. The molecular weight excluding hydrogens is 610 g/mol. The van der Waals surface area contributed by atoms with Crippen molar-refractivity contribution in [1.82, 2.24) is 24.8 Å². The average Bonchev–Trinajstić information content (AvgIpc) is 3.02. The van der Waals surface area contributed by atoms with Gasteiger partial charge in [0.05, 0.1) is 24.9 Å². The van der Waals surface area contributed by atoms with Crippen molar-refractivity contribution in [3.05, 3.63) is 48.3 Å². The third-order valence-corrected chi connectivity index (χ3v) is 8.11. The Hall–Kier alpha value is -4.77. The van der Waals surface area contributed by atoms with Gasteiger partial charge >= 0.3 is 12.0 Å². The minimum Gasteiger partial charge on any atom is -0.483 e. The third-order valence-electron chi connectivity index (χ3n) is 8.11. The molecule has 2 atom stereocenters. The first kappa shape index (κ1) is 33.6. The molecule has 250 valence electrons. The van der Waals surface area contributed by atoms with Gasteiger partial charge in [0.1, 0.15) is 41.1 Å². The Morgan fingerprint density at radius 1 is 1.11 bits per heavy atom. The van der Waals surface area contributed by atoms with Crippen molar-refractivity contribution in [2.45, 2.75) is 57.8 Å². The van der Waals surface area contributed by atoms with Crippen LogP contribution in [0, 0.1) is 11.3 Å². The predicted octanol–water partition coefficient (Wildman–Crippen LogP) is 5.33. The van der Waals surface area contributed by atoms with Crippen molar-refractivity contribution < 1.29 is 27.8 Å². The first-order valence-corrected chi connectivity index (χ1v) is 15.4. The molecule has 0 radical (unpaired) electrons. The number of hydrogen-bond donors (Lipinski definition) is 1. The number of alkyl halides is 2. The Morgan fingerprint density at radius 3 is 2.57 bits per heavy atom. The molecule has 5 rings (SSSR count). The molecule has 14 heteroatoms. The second-order valence-corrected chi connectivity index (χ2v) is 12.8. The van der Waals surface area contributed by atoms with Gasteiger partial charge in [0, 0.05) is 50.3 Å². The molecule has 1 N–H and O–H groups in total. The van der Waals surface area contributed by atoms with Crippen LogP contribution in [0.15, 0.2) is 42.7 Å². The number of carbonyl (C=O) groups excluding carboxylic acids is 1. The number of rotatable bonds is 7. The normalized spacial score (nSPS) is 19.9. The lowest BCUT2D eigenvalue weighted by Gasteiger charge is -2.39. The number of hydrogen-bond acceptors (Lipinski definition) is 11. The highest BCUT2D eigenvalue weighted by Gasteiger charge is 2.48. The van der Waals surface area contributed by atoms with Gasteiger partial charge in [-0.2, -0.15) is 10.2 Å². The van der Waals surface area contributed by atoms with Gasteiger partial charge in [-0.3, -0.25) is 0 Å². The number of halogens is 2. The van der Waals surface area contributed by atoms with E-state index >= 15 is 8.78 Å². The Labute approximate surface area is 273 Å². The maximum absolute atomic E-state index is 15.1. The second kappa shape index (κ2) is 13.5. The SMILES string of the molecule is COc1nc(Nc2cc(-c3ccc(OC4CCN(C(=O)OC(C)(C)C)CC4(F)F)c(C#N)c3)ncn2)ccc1N1CCN(C)[C@H](C)C1. The Kier molecular flexibility index (Phi) is 9.67. The molecule has 2 aromatic heterocycles. The summed E-state index contributed by atoms with van der Waals surface area (Å²) in [7, 11) is 3.71. The number of likely N-dealkylation sites (tertiary alicyclic amines) is 1. The second-order valence-electron chi connectivity index (χ2n) is 12.8. The molecule has 2 saturated heterocycles. The number of aromatic nitrogens is 3. The number of ether oxygens (including phenoxy) is 3. The number of carbonyl (C=O) groups is 1. The summed E-state index contributed by atoms with van der Waals surface area (Å²) in [4.78, 5) is 31.2. The van der Waals surface area contributed by atoms with Crippen molar-refractivity contribution >= 4 is 23.4 Å². The zero-order valence-electron chi connectivity index (χ0n) is 27.5. The summed E-state index contributed by atoms with van der Waals surface area (Å²) in [5, 5.41) is 13.0. The van der Waals surface area contributed by atoms with Gasteiger partial charge in [0.2, 0.25) is 5.88 Å². The Balaban J connectivity index is 1.28. The molecule has 2 fully saturated rings. The summed E-state index contributed by atoms with van der Waals surface area (Å²) >= 11 is 0. The van der Waals surface area contributed by atoms with Crippen molar-refractivity contribution in [1.29, 1.82) is 5.26 Å². The molecule has 12 nitrogen and oxygen atoms in total. The summed E-state index contributed by atoms with van der Waals surface area (Å²) in [5.41, 5.74) is 1.25. The standard InChI is InChI=1S/C33H40F2N8O4/c1-21-18-42(14-13-41(21)5)25-8-10-28(40-30(25)45-6)39-29-16-24(37-20-38-29)22-7-9-26(23(15-22)17-36)46-27-11-12-43(19-33(27,34)35)31(44)47-32(2,3)4/h7-10,15-16,20-21,27H,11-14,18-19H2,1-6H3,(H,37,38,39,40)/t21-,27?/m1/s1. The molecule has 1 aromatic carbocycles. The molecule has 0 aliphatic carbocycles. The number of pyridine rings is 1. The predicted molar refractivity (Wildman–Crippen MR) is 172 cm³/mol. The van der Waals surface area contributed by atoms with E-state index in [1.165, 1.54) is 18.5 Å². The van der Waals surface area contributed by atoms with Gasteiger partial charge in [-0.25, -0.2) is 23.5 Å². The van der Waals surface area contributed by atoms with Crippen molar-refractivity contribution in [2.75, 3.05) is 57.1 Å². The van der Waals surface area contributed by atoms with Crippen LogP contribution in [-0.2, 0) is 4.74 Å². The van der Waals surface area contributed by atoms with Crippen LogP contribution in [0.25, 0.3) is 11.3 Å². The summed E-state index contributed by atoms with van der Waals surface area (Å²) in [6.45, 7) is 9.06. The quantitative estimate of drug-likeness (QED) is 0.357. The first-order valence-electron chi connectivity index (χ1n) is 15.4. The number of piperidine rings is 1. The summed E-state index contributed by atoms with van der Waals surface area (Å²) in [6, 6.07) is 12.6. The van der Waals surface area contributed by atoms with E-state index in [-0.39, 0.29) is 24.3 Å². The van der Waals surface area contributed by atoms with Crippen LogP contribution in [0.5, 0.6) is 11.6 Å². The lowest BCUT2D eigenvalue weighted by atomic mass is 10.0.